The Balaban J connectivity index is 1.44. The van der Waals surface area contributed by atoms with Crippen LogP contribution in [0.5, 0.6) is 0 Å². The van der Waals surface area contributed by atoms with E-state index < -0.39 is 0 Å². The van der Waals surface area contributed by atoms with Gasteiger partial charge in [0.05, 0.1) is 6.20 Å². The first-order valence-electron chi connectivity index (χ1n) is 11.4. The maximum absolute atomic E-state index is 4.89. The summed E-state index contributed by atoms with van der Waals surface area (Å²) in [6.07, 6.45) is 7.90. The Morgan fingerprint density at radius 1 is 1.13 bits per heavy atom. The fourth-order valence-corrected chi connectivity index (χ4v) is 5.03. The van der Waals surface area contributed by atoms with Gasteiger partial charge in [-0.3, -0.25) is 5.10 Å². The van der Waals surface area contributed by atoms with Gasteiger partial charge in [0.25, 0.3) is 0 Å². The molecule has 2 aromatic heterocycles. The first-order chi connectivity index (χ1) is 14.6. The van der Waals surface area contributed by atoms with Gasteiger partial charge in [0, 0.05) is 25.3 Å². The van der Waals surface area contributed by atoms with Crippen LogP contribution in [0.15, 0.2) is 30.5 Å². The Bertz CT molecular complexity index is 1030. The number of aromatic nitrogens is 4. The van der Waals surface area contributed by atoms with Crippen molar-refractivity contribution in [1.82, 2.24) is 20.2 Å². The predicted molar refractivity (Wildman–Crippen MR) is 123 cm³/mol. The number of rotatable bonds is 4. The molecule has 0 amide bonds. The van der Waals surface area contributed by atoms with Gasteiger partial charge in [-0.25, -0.2) is 9.97 Å². The second-order valence-electron chi connectivity index (χ2n) is 9.23. The molecule has 1 N–H and O–H groups in total. The molecule has 30 heavy (non-hydrogen) atoms. The van der Waals surface area contributed by atoms with E-state index in [-0.39, 0.29) is 0 Å². The van der Waals surface area contributed by atoms with Gasteiger partial charge in [-0.05, 0) is 48.6 Å². The standard InChI is InChI=1S/C24H32N6/c1-4-17-10-13-30(19-9-7-6-8-18(17)19)23-21-22(27-28-23)26-20(16-25-21)29-14-11-24(3,5-2)12-15-29/h6-9,16-17H,4-5,10-15H2,1-3H3,(H,26,27,28)/t17-/m0/s1. The van der Waals surface area contributed by atoms with E-state index in [1.54, 1.807) is 0 Å². The zero-order valence-corrected chi connectivity index (χ0v) is 18.4. The maximum atomic E-state index is 4.89. The number of H-pyrrole nitrogens is 1. The van der Waals surface area contributed by atoms with Gasteiger partial charge in [0.1, 0.15) is 5.82 Å². The molecule has 1 atom stereocenters. The molecule has 158 valence electrons. The number of anilines is 3. The van der Waals surface area contributed by atoms with Crippen molar-refractivity contribution in [2.24, 2.45) is 5.41 Å². The summed E-state index contributed by atoms with van der Waals surface area (Å²) in [4.78, 5) is 14.4. The van der Waals surface area contributed by atoms with Crippen LogP contribution in [0, 0.1) is 5.41 Å². The molecule has 6 heteroatoms. The molecule has 0 saturated carbocycles. The lowest BCUT2D eigenvalue weighted by Gasteiger charge is -2.39. The summed E-state index contributed by atoms with van der Waals surface area (Å²) in [5.41, 5.74) is 4.78. The molecule has 2 aliphatic heterocycles. The van der Waals surface area contributed by atoms with Gasteiger partial charge in [-0.2, -0.15) is 5.10 Å². The molecule has 1 aromatic carbocycles. The molecule has 2 aliphatic rings. The van der Waals surface area contributed by atoms with E-state index in [0.29, 0.717) is 11.3 Å². The van der Waals surface area contributed by atoms with E-state index in [9.17, 15) is 0 Å². The summed E-state index contributed by atoms with van der Waals surface area (Å²) in [5, 5.41) is 7.81. The monoisotopic (exact) mass is 404 g/mol. The highest BCUT2D eigenvalue weighted by atomic mass is 15.3. The number of nitrogens with zero attached hydrogens (tertiary/aromatic N) is 5. The van der Waals surface area contributed by atoms with Gasteiger partial charge in [0.15, 0.2) is 17.0 Å². The van der Waals surface area contributed by atoms with Crippen LogP contribution in [-0.4, -0.2) is 39.8 Å². The summed E-state index contributed by atoms with van der Waals surface area (Å²) < 4.78 is 0. The van der Waals surface area contributed by atoms with Crippen LogP contribution in [0.3, 0.4) is 0 Å². The number of aromatic amines is 1. The number of hydrogen-bond donors (Lipinski definition) is 1. The molecule has 5 rings (SSSR count). The van der Waals surface area contributed by atoms with Crippen molar-refractivity contribution >= 4 is 28.5 Å². The van der Waals surface area contributed by atoms with Crippen molar-refractivity contribution in [3.8, 4) is 0 Å². The van der Waals surface area contributed by atoms with Crippen molar-refractivity contribution in [3.05, 3.63) is 36.0 Å². The average Bonchev–Trinajstić information content (AvgIpc) is 3.22. The fourth-order valence-electron chi connectivity index (χ4n) is 5.03. The van der Waals surface area contributed by atoms with Crippen LogP contribution in [0.1, 0.15) is 64.4 Å². The van der Waals surface area contributed by atoms with E-state index >= 15 is 0 Å². The lowest BCUT2D eigenvalue weighted by Crippen LogP contribution is -2.38. The van der Waals surface area contributed by atoms with Crippen LogP contribution < -0.4 is 9.80 Å². The van der Waals surface area contributed by atoms with Crippen molar-refractivity contribution in [1.29, 1.82) is 0 Å². The Labute approximate surface area is 178 Å². The summed E-state index contributed by atoms with van der Waals surface area (Å²) in [5.74, 6) is 2.47. The number of piperidine rings is 1. The molecule has 0 aliphatic carbocycles. The van der Waals surface area contributed by atoms with Gasteiger partial charge in [-0.15, -0.1) is 0 Å². The molecule has 0 spiro atoms. The van der Waals surface area contributed by atoms with Crippen LogP contribution in [0.2, 0.25) is 0 Å². The molecule has 0 bridgehead atoms. The molecule has 0 unspecified atom stereocenters. The first kappa shape index (κ1) is 19.3. The SMILES string of the molecule is CC[C@H]1CCN(c2n[nH]c3nc(N4CCC(C)(CC)CC4)cnc23)c2ccccc21. The quantitative estimate of drug-likeness (QED) is 0.630. The molecule has 6 nitrogen and oxygen atoms in total. The van der Waals surface area contributed by atoms with E-state index in [4.69, 9.17) is 9.97 Å². The van der Waals surface area contributed by atoms with Crippen LogP contribution in [-0.2, 0) is 0 Å². The van der Waals surface area contributed by atoms with Gasteiger partial charge in [0.2, 0.25) is 0 Å². The summed E-state index contributed by atoms with van der Waals surface area (Å²) >= 11 is 0. The summed E-state index contributed by atoms with van der Waals surface area (Å²) in [6, 6.07) is 8.72. The highest BCUT2D eigenvalue weighted by Crippen LogP contribution is 2.41. The minimum Gasteiger partial charge on any atom is -0.355 e. The normalized spacial score (nSPS) is 21.1. The van der Waals surface area contributed by atoms with E-state index in [1.165, 1.54) is 36.9 Å². The Morgan fingerprint density at radius 2 is 1.93 bits per heavy atom. The number of hydrogen-bond acceptors (Lipinski definition) is 5. The van der Waals surface area contributed by atoms with Crippen LogP contribution >= 0.6 is 0 Å². The molecule has 4 heterocycles. The number of para-hydroxylation sites is 1. The third kappa shape index (κ3) is 3.22. The predicted octanol–water partition coefficient (Wildman–Crippen LogP) is 5.40. The Morgan fingerprint density at radius 3 is 2.70 bits per heavy atom. The van der Waals surface area contributed by atoms with E-state index in [1.807, 2.05) is 6.20 Å². The molecule has 0 radical (unpaired) electrons. The largest absolute Gasteiger partial charge is 0.355 e. The average molecular weight is 405 g/mol. The number of fused-ring (bicyclic) bond motifs is 2. The summed E-state index contributed by atoms with van der Waals surface area (Å²) in [7, 11) is 0. The zero-order valence-electron chi connectivity index (χ0n) is 18.4. The van der Waals surface area contributed by atoms with Crippen LogP contribution in [0.4, 0.5) is 17.3 Å². The van der Waals surface area contributed by atoms with Gasteiger partial charge >= 0.3 is 0 Å². The lowest BCUT2D eigenvalue weighted by molar-refractivity contribution is 0.238. The van der Waals surface area contributed by atoms with Crippen molar-refractivity contribution in [2.45, 2.75) is 58.8 Å². The molecule has 3 aromatic rings. The smallest absolute Gasteiger partial charge is 0.183 e. The van der Waals surface area contributed by atoms with Crippen molar-refractivity contribution < 1.29 is 0 Å². The Hall–Kier alpha value is -2.63. The third-order valence-electron chi connectivity index (χ3n) is 7.50. The van der Waals surface area contributed by atoms with Gasteiger partial charge < -0.3 is 9.80 Å². The second-order valence-corrected chi connectivity index (χ2v) is 9.23. The zero-order chi connectivity index (χ0) is 20.7. The second kappa shape index (κ2) is 7.56. The fraction of sp³-hybridized carbons (Fsp3) is 0.542. The molecular formula is C24H32N6. The maximum Gasteiger partial charge on any atom is 0.183 e. The molecular weight excluding hydrogens is 372 g/mol. The van der Waals surface area contributed by atoms with E-state index in [0.717, 1.165) is 48.9 Å². The highest BCUT2D eigenvalue weighted by molar-refractivity contribution is 5.87. The topological polar surface area (TPSA) is 60.9 Å². The van der Waals surface area contributed by atoms with Crippen LogP contribution in [0.25, 0.3) is 11.2 Å². The summed E-state index contributed by atoms with van der Waals surface area (Å²) in [6.45, 7) is 10.0. The highest BCUT2D eigenvalue weighted by Gasteiger charge is 2.30. The third-order valence-corrected chi connectivity index (χ3v) is 7.50. The molecule has 1 fully saturated rings. The number of nitrogens with one attached hydrogen (secondary N) is 1. The Kier molecular flexibility index (Phi) is 4.88. The minimum atomic E-state index is 0.465. The number of benzene rings is 1. The van der Waals surface area contributed by atoms with E-state index in [2.05, 4.69) is 65.0 Å². The first-order valence-corrected chi connectivity index (χ1v) is 11.4. The van der Waals surface area contributed by atoms with Crippen molar-refractivity contribution in [2.75, 3.05) is 29.4 Å². The molecule has 1 saturated heterocycles. The minimum absolute atomic E-state index is 0.465. The van der Waals surface area contributed by atoms with Crippen molar-refractivity contribution in [3.63, 3.8) is 0 Å². The lowest BCUT2D eigenvalue weighted by atomic mass is 9.78. The van der Waals surface area contributed by atoms with Gasteiger partial charge in [-0.1, -0.05) is 45.4 Å².